The van der Waals surface area contributed by atoms with Crippen LogP contribution in [0.4, 0.5) is 0 Å². The van der Waals surface area contributed by atoms with Crippen molar-refractivity contribution in [3.8, 4) is 0 Å². The van der Waals surface area contributed by atoms with Gasteiger partial charge in [0.1, 0.15) is 5.78 Å². The van der Waals surface area contributed by atoms with Crippen LogP contribution in [0, 0.1) is 5.41 Å². The van der Waals surface area contributed by atoms with Gasteiger partial charge in [0.25, 0.3) is 0 Å². The Morgan fingerprint density at radius 1 is 1.62 bits per heavy atom. The lowest BCUT2D eigenvalue weighted by Gasteiger charge is -2.20. The summed E-state index contributed by atoms with van der Waals surface area (Å²) in [5, 5.41) is 3.24. The van der Waals surface area contributed by atoms with E-state index >= 15 is 0 Å². The van der Waals surface area contributed by atoms with Crippen LogP contribution >= 0.6 is 15.9 Å². The van der Waals surface area contributed by atoms with Crippen LogP contribution in [0.5, 0.6) is 0 Å². The fourth-order valence-electron chi connectivity index (χ4n) is 1.94. The highest BCUT2D eigenvalue weighted by Gasteiger charge is 2.35. The molecular weight excluding hydrogens is 268 g/mol. The first-order chi connectivity index (χ1) is 7.60. The quantitative estimate of drug-likeness (QED) is 0.922. The van der Waals surface area contributed by atoms with Gasteiger partial charge in [-0.05, 0) is 41.0 Å². The molecule has 1 aliphatic heterocycles. The molecule has 1 aromatic rings. The second-order valence-corrected chi connectivity index (χ2v) is 5.47. The monoisotopic (exact) mass is 282 g/mol. The van der Waals surface area contributed by atoms with E-state index in [0.717, 1.165) is 29.7 Å². The Morgan fingerprint density at radius 3 is 3.00 bits per heavy atom. The number of ketones is 1. The molecule has 0 bridgehead atoms. The molecule has 1 N–H and O–H groups in total. The van der Waals surface area contributed by atoms with Gasteiger partial charge in [-0.3, -0.25) is 9.78 Å². The molecule has 86 valence electrons. The van der Waals surface area contributed by atoms with Crippen molar-refractivity contribution in [3.05, 3.63) is 28.5 Å². The zero-order chi connectivity index (χ0) is 11.6. The molecule has 1 saturated heterocycles. The molecular formula is C12H15BrN2O. The number of rotatable bonds is 3. The van der Waals surface area contributed by atoms with Gasteiger partial charge < -0.3 is 5.32 Å². The highest BCUT2D eigenvalue weighted by Crippen LogP contribution is 2.27. The van der Waals surface area contributed by atoms with Crippen molar-refractivity contribution in [1.82, 2.24) is 10.3 Å². The van der Waals surface area contributed by atoms with E-state index < -0.39 is 0 Å². The van der Waals surface area contributed by atoms with E-state index in [9.17, 15) is 4.79 Å². The SMILES string of the molecule is CC1(C(=O)Cc2ccc(Br)cn2)CCNC1. The number of aromatic nitrogens is 1. The summed E-state index contributed by atoms with van der Waals surface area (Å²) in [7, 11) is 0. The Labute approximate surface area is 104 Å². The van der Waals surface area contributed by atoms with Crippen molar-refractivity contribution in [2.75, 3.05) is 13.1 Å². The summed E-state index contributed by atoms with van der Waals surface area (Å²) in [5.74, 6) is 0.285. The summed E-state index contributed by atoms with van der Waals surface area (Å²) in [6, 6.07) is 3.82. The average molecular weight is 283 g/mol. The van der Waals surface area contributed by atoms with Crippen LogP contribution in [0.2, 0.25) is 0 Å². The second-order valence-electron chi connectivity index (χ2n) is 4.56. The van der Waals surface area contributed by atoms with Crippen LogP contribution < -0.4 is 5.32 Å². The van der Waals surface area contributed by atoms with Crippen molar-refractivity contribution < 1.29 is 4.79 Å². The number of carbonyl (C=O) groups excluding carboxylic acids is 1. The van der Waals surface area contributed by atoms with Crippen LogP contribution in [0.1, 0.15) is 19.0 Å². The molecule has 0 aromatic carbocycles. The van der Waals surface area contributed by atoms with Gasteiger partial charge in [-0.2, -0.15) is 0 Å². The third-order valence-corrected chi connectivity index (χ3v) is 3.64. The van der Waals surface area contributed by atoms with Gasteiger partial charge in [-0.15, -0.1) is 0 Å². The normalized spacial score (nSPS) is 24.6. The van der Waals surface area contributed by atoms with Crippen LogP contribution in [0.15, 0.2) is 22.8 Å². The number of pyridine rings is 1. The Hall–Kier alpha value is -0.740. The van der Waals surface area contributed by atoms with Crippen LogP contribution in [-0.4, -0.2) is 23.9 Å². The zero-order valence-electron chi connectivity index (χ0n) is 9.29. The third kappa shape index (κ3) is 2.50. The molecule has 0 amide bonds. The first-order valence-corrected chi connectivity index (χ1v) is 6.24. The van der Waals surface area contributed by atoms with Crippen LogP contribution in [0.25, 0.3) is 0 Å². The Kier molecular flexibility index (Phi) is 3.40. The predicted octanol–water partition coefficient (Wildman–Crippen LogP) is 1.96. The highest BCUT2D eigenvalue weighted by molar-refractivity contribution is 9.10. The fourth-order valence-corrected chi connectivity index (χ4v) is 2.18. The van der Waals surface area contributed by atoms with Crippen molar-refractivity contribution in [2.24, 2.45) is 5.41 Å². The summed E-state index contributed by atoms with van der Waals surface area (Å²) < 4.78 is 0.942. The first kappa shape index (κ1) is 11.7. The molecule has 3 nitrogen and oxygen atoms in total. The molecule has 0 radical (unpaired) electrons. The van der Waals surface area contributed by atoms with Gasteiger partial charge in [0.2, 0.25) is 0 Å². The van der Waals surface area contributed by atoms with E-state index in [1.54, 1.807) is 6.20 Å². The van der Waals surface area contributed by atoms with Crippen molar-refractivity contribution in [3.63, 3.8) is 0 Å². The predicted molar refractivity (Wildman–Crippen MR) is 66.2 cm³/mol. The molecule has 0 saturated carbocycles. The molecule has 1 fully saturated rings. The molecule has 1 aromatic heterocycles. The Morgan fingerprint density at radius 2 is 2.44 bits per heavy atom. The summed E-state index contributed by atoms with van der Waals surface area (Å²) in [4.78, 5) is 16.4. The largest absolute Gasteiger partial charge is 0.316 e. The number of hydrogen-bond donors (Lipinski definition) is 1. The lowest BCUT2D eigenvalue weighted by molar-refractivity contribution is -0.126. The highest BCUT2D eigenvalue weighted by atomic mass is 79.9. The van der Waals surface area contributed by atoms with Crippen molar-refractivity contribution in [1.29, 1.82) is 0 Å². The number of nitrogens with one attached hydrogen (secondary N) is 1. The van der Waals surface area contributed by atoms with E-state index in [1.807, 2.05) is 19.1 Å². The summed E-state index contributed by atoms with van der Waals surface area (Å²) in [6.45, 7) is 3.77. The van der Waals surface area contributed by atoms with Gasteiger partial charge in [0, 0.05) is 34.7 Å². The van der Waals surface area contributed by atoms with Gasteiger partial charge in [0.15, 0.2) is 0 Å². The standard InChI is InChI=1S/C12H15BrN2O/c1-12(4-5-14-8-12)11(16)6-10-3-2-9(13)7-15-10/h2-3,7,14H,4-6,8H2,1H3. The van der Waals surface area contributed by atoms with E-state index in [1.165, 1.54) is 0 Å². The molecule has 16 heavy (non-hydrogen) atoms. The topological polar surface area (TPSA) is 42.0 Å². The van der Waals surface area contributed by atoms with Gasteiger partial charge in [-0.25, -0.2) is 0 Å². The zero-order valence-corrected chi connectivity index (χ0v) is 10.9. The smallest absolute Gasteiger partial charge is 0.146 e. The third-order valence-electron chi connectivity index (χ3n) is 3.17. The minimum atomic E-state index is -0.200. The Bertz CT molecular complexity index is 383. The second kappa shape index (κ2) is 4.63. The molecule has 1 aliphatic rings. The number of Topliss-reactive ketones (excluding diaryl/α,β-unsaturated/α-hetero) is 1. The molecule has 2 rings (SSSR count). The van der Waals surface area contributed by atoms with Gasteiger partial charge in [0.05, 0.1) is 0 Å². The number of nitrogens with zero attached hydrogens (tertiary/aromatic N) is 1. The maximum atomic E-state index is 12.1. The minimum absolute atomic E-state index is 0.200. The number of halogens is 1. The van der Waals surface area contributed by atoms with E-state index in [4.69, 9.17) is 0 Å². The lowest BCUT2D eigenvalue weighted by atomic mass is 9.83. The van der Waals surface area contributed by atoms with E-state index in [0.29, 0.717) is 6.42 Å². The molecule has 2 heterocycles. The van der Waals surface area contributed by atoms with Gasteiger partial charge >= 0.3 is 0 Å². The van der Waals surface area contributed by atoms with E-state index in [-0.39, 0.29) is 11.2 Å². The van der Waals surface area contributed by atoms with Crippen molar-refractivity contribution >= 4 is 21.7 Å². The van der Waals surface area contributed by atoms with E-state index in [2.05, 4.69) is 26.2 Å². The summed E-state index contributed by atoms with van der Waals surface area (Å²) >= 11 is 3.33. The molecule has 0 spiro atoms. The maximum absolute atomic E-state index is 12.1. The fraction of sp³-hybridized carbons (Fsp3) is 0.500. The molecule has 4 heteroatoms. The molecule has 0 aliphatic carbocycles. The van der Waals surface area contributed by atoms with Crippen molar-refractivity contribution in [2.45, 2.75) is 19.8 Å². The summed E-state index contributed by atoms with van der Waals surface area (Å²) in [6.07, 6.45) is 3.10. The van der Waals surface area contributed by atoms with Crippen LogP contribution in [0.3, 0.4) is 0 Å². The maximum Gasteiger partial charge on any atom is 0.146 e. The average Bonchev–Trinajstić information content (AvgIpc) is 2.70. The molecule has 1 atom stereocenters. The van der Waals surface area contributed by atoms with Crippen LogP contribution in [-0.2, 0) is 11.2 Å². The first-order valence-electron chi connectivity index (χ1n) is 5.45. The van der Waals surface area contributed by atoms with Gasteiger partial charge in [-0.1, -0.05) is 6.92 Å². The minimum Gasteiger partial charge on any atom is -0.316 e. The molecule has 1 unspecified atom stereocenters. The summed E-state index contributed by atoms with van der Waals surface area (Å²) in [5.41, 5.74) is 0.649. The lowest BCUT2D eigenvalue weighted by Crippen LogP contribution is -2.31. The number of carbonyl (C=O) groups is 1. The number of hydrogen-bond acceptors (Lipinski definition) is 3. The Balaban J connectivity index is 2.04.